The number of nitrogens with zero attached hydrogens (tertiary/aromatic N) is 1. The largest absolute Gasteiger partial charge is 0.399 e. The fraction of sp³-hybridized carbons (Fsp3) is 0.500. The van der Waals surface area contributed by atoms with Gasteiger partial charge < -0.3 is 10.7 Å². The SMILES string of the molecule is Nc1ccc2nc(CS(=O)C3CCCCC3)[nH]c2c1. The molecule has 0 radical (unpaired) electrons. The molecule has 2 aromatic rings. The minimum atomic E-state index is -0.814. The second kappa shape index (κ2) is 5.33. The fourth-order valence-corrected chi connectivity index (χ4v) is 4.23. The van der Waals surface area contributed by atoms with Crippen molar-refractivity contribution in [3.63, 3.8) is 0 Å². The highest BCUT2D eigenvalue weighted by Crippen LogP contribution is 2.24. The van der Waals surface area contributed by atoms with Crippen LogP contribution in [0.25, 0.3) is 11.0 Å². The smallest absolute Gasteiger partial charge is 0.119 e. The lowest BCUT2D eigenvalue weighted by molar-refractivity contribution is 0.504. The summed E-state index contributed by atoms with van der Waals surface area (Å²) < 4.78 is 12.3. The first kappa shape index (κ1) is 12.7. The van der Waals surface area contributed by atoms with Crippen LogP contribution in [0.15, 0.2) is 18.2 Å². The van der Waals surface area contributed by atoms with E-state index in [2.05, 4.69) is 9.97 Å². The lowest BCUT2D eigenvalue weighted by Gasteiger charge is -2.20. The molecule has 1 fully saturated rings. The summed E-state index contributed by atoms with van der Waals surface area (Å²) in [6.45, 7) is 0. The predicted molar refractivity (Wildman–Crippen MR) is 79.2 cm³/mol. The summed E-state index contributed by atoms with van der Waals surface area (Å²) in [5.41, 5.74) is 8.28. The molecule has 0 spiro atoms. The van der Waals surface area contributed by atoms with Crippen molar-refractivity contribution in [3.8, 4) is 0 Å². The number of nitrogens with one attached hydrogen (secondary N) is 1. The highest BCUT2D eigenvalue weighted by Gasteiger charge is 2.20. The molecule has 102 valence electrons. The van der Waals surface area contributed by atoms with Gasteiger partial charge in [-0.3, -0.25) is 4.21 Å². The van der Waals surface area contributed by atoms with Crippen molar-refractivity contribution in [1.82, 2.24) is 9.97 Å². The fourth-order valence-electron chi connectivity index (χ4n) is 2.73. The molecule has 1 aromatic heterocycles. The third kappa shape index (κ3) is 2.81. The van der Waals surface area contributed by atoms with Gasteiger partial charge in [0.25, 0.3) is 0 Å². The molecule has 1 atom stereocenters. The second-order valence-electron chi connectivity index (χ2n) is 5.25. The summed E-state index contributed by atoms with van der Waals surface area (Å²) in [4.78, 5) is 7.71. The number of aromatic amines is 1. The first-order valence-corrected chi connectivity index (χ1v) is 8.22. The molecule has 1 saturated carbocycles. The van der Waals surface area contributed by atoms with Gasteiger partial charge in [-0.25, -0.2) is 4.98 Å². The Bertz CT molecular complexity index is 602. The summed E-state index contributed by atoms with van der Waals surface area (Å²) in [5.74, 6) is 1.34. The van der Waals surface area contributed by atoms with Gasteiger partial charge in [-0.1, -0.05) is 19.3 Å². The Morgan fingerprint density at radius 2 is 2.11 bits per heavy atom. The van der Waals surface area contributed by atoms with Gasteiger partial charge in [0.2, 0.25) is 0 Å². The molecule has 3 N–H and O–H groups in total. The standard InChI is InChI=1S/C14H19N3OS/c15-10-6-7-12-13(8-10)17-14(16-12)9-19(18)11-4-2-1-3-5-11/h6-8,11H,1-5,9,15H2,(H,16,17). The topological polar surface area (TPSA) is 71.8 Å². The van der Waals surface area contributed by atoms with Crippen LogP contribution >= 0.6 is 0 Å². The summed E-state index contributed by atoms with van der Waals surface area (Å²) >= 11 is 0. The molecule has 1 unspecified atom stereocenters. The zero-order chi connectivity index (χ0) is 13.2. The van der Waals surface area contributed by atoms with E-state index < -0.39 is 10.8 Å². The van der Waals surface area contributed by atoms with E-state index in [4.69, 9.17) is 5.73 Å². The molecular weight excluding hydrogens is 258 g/mol. The van der Waals surface area contributed by atoms with E-state index in [0.29, 0.717) is 11.0 Å². The molecule has 5 heteroatoms. The molecule has 1 aliphatic carbocycles. The monoisotopic (exact) mass is 277 g/mol. The Balaban J connectivity index is 1.75. The molecule has 3 rings (SSSR count). The molecule has 1 aliphatic rings. The number of nitrogen functional groups attached to an aromatic ring is 1. The van der Waals surface area contributed by atoms with Gasteiger partial charge in [0.15, 0.2) is 0 Å². The summed E-state index contributed by atoms with van der Waals surface area (Å²) in [5, 5.41) is 0.354. The van der Waals surface area contributed by atoms with Gasteiger partial charge in [0.1, 0.15) is 5.82 Å². The number of fused-ring (bicyclic) bond motifs is 1. The molecule has 1 aromatic carbocycles. The molecule has 0 bridgehead atoms. The lowest BCUT2D eigenvalue weighted by Crippen LogP contribution is -2.20. The van der Waals surface area contributed by atoms with Crippen LogP contribution in [0.2, 0.25) is 0 Å². The maximum absolute atomic E-state index is 12.3. The molecule has 0 amide bonds. The van der Waals surface area contributed by atoms with Crippen LogP contribution in [0.4, 0.5) is 5.69 Å². The maximum Gasteiger partial charge on any atom is 0.119 e. The third-order valence-corrected chi connectivity index (χ3v) is 5.53. The number of anilines is 1. The van der Waals surface area contributed by atoms with Crippen LogP contribution in [-0.2, 0) is 16.6 Å². The van der Waals surface area contributed by atoms with Crippen molar-refractivity contribution >= 4 is 27.5 Å². The van der Waals surface area contributed by atoms with Crippen LogP contribution in [0.3, 0.4) is 0 Å². The Hall–Kier alpha value is -1.36. The molecule has 19 heavy (non-hydrogen) atoms. The first-order chi connectivity index (χ1) is 9.22. The van der Waals surface area contributed by atoms with Gasteiger partial charge in [-0.2, -0.15) is 0 Å². The van der Waals surface area contributed by atoms with Crippen LogP contribution < -0.4 is 5.73 Å². The number of hydrogen-bond donors (Lipinski definition) is 2. The molecular formula is C14H19N3OS. The Labute approximate surface area is 115 Å². The number of nitrogens with two attached hydrogens (primary N) is 1. The number of hydrogen-bond acceptors (Lipinski definition) is 3. The van der Waals surface area contributed by atoms with Gasteiger partial charge in [-0.15, -0.1) is 0 Å². The van der Waals surface area contributed by atoms with E-state index in [9.17, 15) is 4.21 Å². The second-order valence-corrected chi connectivity index (χ2v) is 6.96. The predicted octanol–water partition coefficient (Wildman–Crippen LogP) is 2.73. The number of H-pyrrole nitrogens is 1. The number of benzene rings is 1. The van der Waals surface area contributed by atoms with Crippen molar-refractivity contribution < 1.29 is 4.21 Å². The summed E-state index contributed by atoms with van der Waals surface area (Å²) in [6, 6.07) is 5.61. The molecule has 4 nitrogen and oxygen atoms in total. The quantitative estimate of drug-likeness (QED) is 0.847. The Morgan fingerprint density at radius 3 is 2.89 bits per heavy atom. The van der Waals surface area contributed by atoms with E-state index in [-0.39, 0.29) is 0 Å². The highest BCUT2D eigenvalue weighted by molar-refractivity contribution is 7.84. The van der Waals surface area contributed by atoms with Crippen LogP contribution in [0.5, 0.6) is 0 Å². The summed E-state index contributed by atoms with van der Waals surface area (Å²) in [7, 11) is -0.814. The molecule has 0 saturated heterocycles. The lowest BCUT2D eigenvalue weighted by atomic mass is 10.0. The third-order valence-electron chi connectivity index (χ3n) is 3.76. The van der Waals surface area contributed by atoms with Gasteiger partial charge in [0, 0.05) is 21.7 Å². The zero-order valence-electron chi connectivity index (χ0n) is 10.9. The van der Waals surface area contributed by atoms with E-state index in [1.807, 2.05) is 18.2 Å². The maximum atomic E-state index is 12.3. The van der Waals surface area contributed by atoms with E-state index in [0.717, 1.165) is 35.4 Å². The minimum absolute atomic E-state index is 0.354. The Kier molecular flexibility index (Phi) is 3.55. The van der Waals surface area contributed by atoms with Gasteiger partial charge in [-0.05, 0) is 31.0 Å². The highest BCUT2D eigenvalue weighted by atomic mass is 32.2. The number of rotatable bonds is 3. The van der Waals surface area contributed by atoms with E-state index in [1.54, 1.807) is 0 Å². The van der Waals surface area contributed by atoms with Crippen molar-refractivity contribution in [1.29, 1.82) is 0 Å². The average Bonchev–Trinajstić information content (AvgIpc) is 2.81. The minimum Gasteiger partial charge on any atom is -0.399 e. The van der Waals surface area contributed by atoms with Crippen molar-refractivity contribution in [2.24, 2.45) is 0 Å². The van der Waals surface area contributed by atoms with Crippen LogP contribution in [0.1, 0.15) is 37.9 Å². The van der Waals surface area contributed by atoms with E-state index >= 15 is 0 Å². The van der Waals surface area contributed by atoms with Crippen LogP contribution in [0, 0.1) is 0 Å². The zero-order valence-corrected chi connectivity index (χ0v) is 11.7. The first-order valence-electron chi connectivity index (χ1n) is 6.84. The van der Waals surface area contributed by atoms with Crippen LogP contribution in [-0.4, -0.2) is 19.4 Å². The van der Waals surface area contributed by atoms with E-state index in [1.165, 1.54) is 19.3 Å². The van der Waals surface area contributed by atoms with Crippen molar-refractivity contribution in [2.75, 3.05) is 5.73 Å². The van der Waals surface area contributed by atoms with Gasteiger partial charge >= 0.3 is 0 Å². The average molecular weight is 277 g/mol. The molecule has 0 aliphatic heterocycles. The molecule has 1 heterocycles. The summed E-state index contributed by atoms with van der Waals surface area (Å²) in [6.07, 6.45) is 5.91. The number of aromatic nitrogens is 2. The normalized spacial score (nSPS) is 18.7. The number of imidazole rings is 1. The van der Waals surface area contributed by atoms with Crippen molar-refractivity contribution in [3.05, 3.63) is 24.0 Å². The Morgan fingerprint density at radius 1 is 1.32 bits per heavy atom. The van der Waals surface area contributed by atoms with Crippen molar-refractivity contribution in [2.45, 2.75) is 43.1 Å². The van der Waals surface area contributed by atoms with Gasteiger partial charge in [0.05, 0.1) is 16.8 Å².